The summed E-state index contributed by atoms with van der Waals surface area (Å²) in [5, 5.41) is 9.57. The predicted molar refractivity (Wildman–Crippen MR) is 127 cm³/mol. The van der Waals surface area contributed by atoms with Gasteiger partial charge in [0.2, 0.25) is 11.8 Å². The second-order valence-electron chi connectivity index (χ2n) is 8.35. The first-order valence-corrected chi connectivity index (χ1v) is 11.6. The lowest BCUT2D eigenvalue weighted by molar-refractivity contribution is -0.131. The normalized spacial score (nSPS) is 14.2. The molecule has 1 aromatic carbocycles. The van der Waals surface area contributed by atoms with Crippen LogP contribution < -0.4 is 4.90 Å². The van der Waals surface area contributed by atoms with Crippen molar-refractivity contribution in [2.24, 2.45) is 0 Å². The molecule has 0 atom stereocenters. The molecule has 0 aliphatic carbocycles. The lowest BCUT2D eigenvalue weighted by Gasteiger charge is -2.36. The van der Waals surface area contributed by atoms with Crippen LogP contribution >= 0.6 is 0 Å². The van der Waals surface area contributed by atoms with Gasteiger partial charge >= 0.3 is 0 Å². The fourth-order valence-electron chi connectivity index (χ4n) is 4.40. The van der Waals surface area contributed by atoms with Crippen LogP contribution in [0.15, 0.2) is 53.2 Å². The minimum absolute atomic E-state index is 0.197. The van der Waals surface area contributed by atoms with Gasteiger partial charge in [-0.1, -0.05) is 25.1 Å². The van der Waals surface area contributed by atoms with Crippen molar-refractivity contribution in [1.29, 1.82) is 0 Å². The van der Waals surface area contributed by atoms with Crippen molar-refractivity contribution in [2.45, 2.75) is 32.6 Å². The molecule has 0 spiro atoms. The molecule has 0 radical (unpaired) electrons. The summed E-state index contributed by atoms with van der Waals surface area (Å²) in [6.07, 6.45) is 6.77. The first kappa shape index (κ1) is 21.2. The van der Waals surface area contributed by atoms with E-state index in [4.69, 9.17) is 4.42 Å². The van der Waals surface area contributed by atoms with E-state index in [1.165, 1.54) is 10.9 Å². The molecule has 0 bridgehead atoms. The quantitative estimate of drug-likeness (QED) is 0.466. The van der Waals surface area contributed by atoms with Gasteiger partial charge < -0.3 is 19.2 Å². The highest BCUT2D eigenvalue weighted by atomic mass is 16.4. The molecule has 1 N–H and O–H groups in total. The summed E-state index contributed by atoms with van der Waals surface area (Å²) in [5.41, 5.74) is 3.15. The zero-order chi connectivity index (χ0) is 22.6. The van der Waals surface area contributed by atoms with Crippen molar-refractivity contribution in [3.05, 3.63) is 60.2 Å². The lowest BCUT2D eigenvalue weighted by atomic mass is 10.1. The zero-order valence-electron chi connectivity index (χ0n) is 18.8. The van der Waals surface area contributed by atoms with Crippen LogP contribution in [0.25, 0.3) is 22.4 Å². The monoisotopic (exact) mass is 444 g/mol. The number of amides is 1. The predicted octanol–water partition coefficient (Wildman–Crippen LogP) is 3.85. The summed E-state index contributed by atoms with van der Waals surface area (Å²) < 4.78 is 5.84. The fraction of sp³-hybridized carbons (Fsp3) is 0.360. The molecule has 5 rings (SSSR count). The van der Waals surface area contributed by atoms with Crippen molar-refractivity contribution >= 4 is 22.6 Å². The number of carbonyl (C=O) groups excluding carboxylic acids is 1. The number of aromatic nitrogens is 4. The molecule has 1 amide bonds. The molecule has 33 heavy (non-hydrogen) atoms. The number of nitrogens with one attached hydrogen (secondary N) is 1. The number of hydrogen-bond donors (Lipinski definition) is 1. The van der Waals surface area contributed by atoms with E-state index in [0.717, 1.165) is 49.2 Å². The van der Waals surface area contributed by atoms with E-state index in [0.29, 0.717) is 31.3 Å². The first-order valence-electron chi connectivity index (χ1n) is 11.6. The SMILES string of the molecule is CCCc1nnc(-c2cccnc2N2CCN(C(=O)CCc3c[nH]c4ccccc34)CC2)o1. The van der Waals surface area contributed by atoms with E-state index in [1.54, 1.807) is 6.20 Å². The number of anilines is 1. The third kappa shape index (κ3) is 4.46. The molecule has 1 aliphatic rings. The summed E-state index contributed by atoms with van der Waals surface area (Å²) in [5.74, 6) is 2.17. The summed E-state index contributed by atoms with van der Waals surface area (Å²) in [6.45, 7) is 4.87. The number of nitrogens with zero attached hydrogens (tertiary/aromatic N) is 5. The molecule has 1 saturated heterocycles. The Balaban J connectivity index is 1.21. The molecule has 1 fully saturated rings. The van der Waals surface area contributed by atoms with E-state index in [2.05, 4.69) is 44.1 Å². The molecule has 3 aromatic heterocycles. The van der Waals surface area contributed by atoms with Crippen LogP contribution in [-0.4, -0.2) is 57.2 Å². The minimum atomic E-state index is 0.197. The number of piperazine rings is 1. The zero-order valence-corrected chi connectivity index (χ0v) is 18.8. The average Bonchev–Trinajstić information content (AvgIpc) is 3.50. The number of benzene rings is 1. The number of rotatable bonds is 7. The van der Waals surface area contributed by atoms with Crippen LogP contribution in [0.4, 0.5) is 5.82 Å². The highest BCUT2D eigenvalue weighted by Gasteiger charge is 2.25. The van der Waals surface area contributed by atoms with Gasteiger partial charge in [-0.3, -0.25) is 4.79 Å². The molecule has 1 aliphatic heterocycles. The average molecular weight is 445 g/mol. The van der Waals surface area contributed by atoms with Crippen molar-refractivity contribution < 1.29 is 9.21 Å². The number of hydrogen-bond acceptors (Lipinski definition) is 6. The number of aromatic amines is 1. The maximum Gasteiger partial charge on any atom is 0.251 e. The molecule has 8 heteroatoms. The largest absolute Gasteiger partial charge is 0.421 e. The van der Waals surface area contributed by atoms with Gasteiger partial charge in [-0.15, -0.1) is 10.2 Å². The Labute approximate surface area is 192 Å². The third-order valence-corrected chi connectivity index (χ3v) is 6.16. The Morgan fingerprint density at radius 3 is 2.76 bits per heavy atom. The molecule has 170 valence electrons. The van der Waals surface area contributed by atoms with Crippen LogP contribution in [0, 0.1) is 0 Å². The summed E-state index contributed by atoms with van der Waals surface area (Å²) in [6, 6.07) is 12.1. The van der Waals surface area contributed by atoms with E-state index >= 15 is 0 Å². The smallest absolute Gasteiger partial charge is 0.251 e. The van der Waals surface area contributed by atoms with E-state index in [9.17, 15) is 4.79 Å². The topological polar surface area (TPSA) is 91.2 Å². The lowest BCUT2D eigenvalue weighted by Crippen LogP contribution is -2.49. The Morgan fingerprint density at radius 2 is 1.91 bits per heavy atom. The van der Waals surface area contributed by atoms with Gasteiger partial charge in [0.15, 0.2) is 0 Å². The van der Waals surface area contributed by atoms with E-state index in [1.807, 2.05) is 35.4 Å². The van der Waals surface area contributed by atoms with Gasteiger partial charge in [-0.05, 0) is 36.6 Å². The summed E-state index contributed by atoms with van der Waals surface area (Å²) in [4.78, 5) is 24.9. The third-order valence-electron chi connectivity index (χ3n) is 6.16. The number of fused-ring (bicyclic) bond motifs is 1. The number of pyridine rings is 1. The second-order valence-corrected chi connectivity index (χ2v) is 8.35. The molecular weight excluding hydrogens is 416 g/mol. The molecule has 0 unspecified atom stereocenters. The maximum absolute atomic E-state index is 12.9. The van der Waals surface area contributed by atoms with Crippen molar-refractivity contribution in [3.8, 4) is 11.5 Å². The number of para-hydroxylation sites is 1. The van der Waals surface area contributed by atoms with Crippen LogP contribution in [0.2, 0.25) is 0 Å². The molecule has 8 nitrogen and oxygen atoms in total. The second kappa shape index (κ2) is 9.44. The number of H-pyrrole nitrogens is 1. The fourth-order valence-corrected chi connectivity index (χ4v) is 4.40. The Bertz CT molecular complexity index is 1240. The number of aryl methyl sites for hydroxylation is 2. The maximum atomic E-state index is 12.9. The Kier molecular flexibility index (Phi) is 6.06. The van der Waals surface area contributed by atoms with Crippen LogP contribution in [0.5, 0.6) is 0 Å². The molecule has 4 heterocycles. The molecular formula is C25H28N6O2. The molecule has 0 saturated carbocycles. The molecule has 4 aromatic rings. The van der Waals surface area contributed by atoms with Gasteiger partial charge in [0.25, 0.3) is 5.89 Å². The van der Waals surface area contributed by atoms with Gasteiger partial charge in [0.05, 0.1) is 5.56 Å². The van der Waals surface area contributed by atoms with Crippen LogP contribution in [0.3, 0.4) is 0 Å². The number of carbonyl (C=O) groups is 1. The van der Waals surface area contributed by atoms with Gasteiger partial charge in [-0.25, -0.2) is 4.98 Å². The van der Waals surface area contributed by atoms with Crippen molar-refractivity contribution in [3.63, 3.8) is 0 Å². The van der Waals surface area contributed by atoms with E-state index in [-0.39, 0.29) is 5.91 Å². The Hall–Kier alpha value is -3.68. The minimum Gasteiger partial charge on any atom is -0.421 e. The van der Waals surface area contributed by atoms with Gasteiger partial charge in [0.1, 0.15) is 5.82 Å². The Morgan fingerprint density at radius 1 is 1.06 bits per heavy atom. The van der Waals surface area contributed by atoms with Crippen molar-refractivity contribution in [2.75, 3.05) is 31.1 Å². The standard InChI is InChI=1S/C25H28N6O2/c1-2-6-22-28-29-25(33-22)20-8-5-12-26-24(20)31-15-13-30(14-16-31)23(32)11-10-18-17-27-21-9-4-3-7-19(18)21/h3-5,7-9,12,17,27H,2,6,10-11,13-16H2,1H3. The van der Waals surface area contributed by atoms with Gasteiger partial charge in [-0.2, -0.15) is 0 Å². The summed E-state index contributed by atoms with van der Waals surface area (Å²) >= 11 is 0. The first-order chi connectivity index (χ1) is 16.2. The van der Waals surface area contributed by atoms with Crippen LogP contribution in [0.1, 0.15) is 31.2 Å². The summed E-state index contributed by atoms with van der Waals surface area (Å²) in [7, 11) is 0. The van der Waals surface area contributed by atoms with E-state index < -0.39 is 0 Å². The highest BCUT2D eigenvalue weighted by Crippen LogP contribution is 2.29. The highest BCUT2D eigenvalue weighted by molar-refractivity contribution is 5.84. The van der Waals surface area contributed by atoms with Crippen molar-refractivity contribution in [1.82, 2.24) is 25.1 Å². The van der Waals surface area contributed by atoms with Gasteiger partial charge in [0, 0.05) is 62.3 Å². The van der Waals surface area contributed by atoms with Crippen LogP contribution in [-0.2, 0) is 17.6 Å².